The lowest BCUT2D eigenvalue weighted by atomic mass is 10.2. The Morgan fingerprint density at radius 2 is 2.00 bits per heavy atom. The molecule has 0 spiro atoms. The maximum Gasteiger partial charge on any atom is 0.321 e. The van der Waals surface area contributed by atoms with Gasteiger partial charge in [-0.15, -0.1) is 0 Å². The molecule has 20 heavy (non-hydrogen) atoms. The van der Waals surface area contributed by atoms with E-state index in [9.17, 15) is 9.59 Å². The fourth-order valence-electron chi connectivity index (χ4n) is 1.61. The molecule has 0 unspecified atom stereocenters. The van der Waals surface area contributed by atoms with Crippen LogP contribution in [-0.2, 0) is 11.3 Å². The topological polar surface area (TPSA) is 88.9 Å². The lowest BCUT2D eigenvalue weighted by Gasteiger charge is -2.04. The third-order valence-electron chi connectivity index (χ3n) is 2.46. The number of rotatable bonds is 4. The molecule has 1 aromatic heterocycles. The van der Waals surface area contributed by atoms with Crippen LogP contribution in [0.3, 0.4) is 0 Å². The van der Waals surface area contributed by atoms with Crippen LogP contribution in [-0.4, -0.2) is 33.2 Å². The molecule has 0 bridgehead atoms. The maximum atomic E-state index is 11.6. The van der Waals surface area contributed by atoms with Gasteiger partial charge in [-0.3, -0.25) is 10.1 Å². The van der Waals surface area contributed by atoms with Crippen molar-refractivity contribution in [2.45, 2.75) is 13.5 Å². The van der Waals surface area contributed by atoms with Crippen LogP contribution < -0.4 is 10.6 Å². The Balaban J connectivity index is 1.96. The monoisotopic (exact) mass is 273 g/mol. The minimum atomic E-state index is -0.513. The van der Waals surface area contributed by atoms with Gasteiger partial charge in [-0.2, -0.15) is 5.10 Å². The molecule has 0 aliphatic carbocycles. The Labute approximate surface area is 116 Å². The predicted octanol–water partition coefficient (Wildman–Crippen LogP) is 0.791. The van der Waals surface area contributed by atoms with Gasteiger partial charge in [0.15, 0.2) is 5.82 Å². The van der Waals surface area contributed by atoms with Crippen molar-refractivity contribution in [1.29, 1.82) is 0 Å². The van der Waals surface area contributed by atoms with E-state index in [4.69, 9.17) is 0 Å². The molecule has 2 rings (SSSR count). The molecule has 0 aliphatic rings. The zero-order valence-corrected chi connectivity index (χ0v) is 11.0. The van der Waals surface area contributed by atoms with E-state index in [-0.39, 0.29) is 6.54 Å². The first kappa shape index (κ1) is 13.7. The van der Waals surface area contributed by atoms with Gasteiger partial charge in [0.25, 0.3) is 0 Å². The maximum absolute atomic E-state index is 11.6. The van der Waals surface area contributed by atoms with Crippen LogP contribution in [0, 0.1) is 0 Å². The van der Waals surface area contributed by atoms with Crippen molar-refractivity contribution >= 4 is 11.9 Å². The van der Waals surface area contributed by atoms with E-state index in [0.29, 0.717) is 12.4 Å². The van der Waals surface area contributed by atoms with Crippen molar-refractivity contribution in [2.75, 3.05) is 6.54 Å². The molecule has 0 aliphatic heterocycles. The van der Waals surface area contributed by atoms with E-state index in [0.717, 1.165) is 5.56 Å². The van der Waals surface area contributed by atoms with Crippen molar-refractivity contribution < 1.29 is 9.59 Å². The molecular formula is C13H15N5O2. The van der Waals surface area contributed by atoms with Gasteiger partial charge in [-0.25, -0.2) is 14.5 Å². The highest BCUT2D eigenvalue weighted by molar-refractivity contribution is 5.94. The molecule has 2 aromatic rings. The van der Waals surface area contributed by atoms with Crippen LogP contribution in [0.5, 0.6) is 0 Å². The molecule has 104 valence electrons. The van der Waals surface area contributed by atoms with Crippen LogP contribution in [0.1, 0.15) is 6.92 Å². The van der Waals surface area contributed by atoms with Crippen LogP contribution in [0.25, 0.3) is 11.4 Å². The second-order valence-electron chi connectivity index (χ2n) is 4.04. The number of imide groups is 1. The molecule has 0 radical (unpaired) electrons. The van der Waals surface area contributed by atoms with E-state index in [1.165, 1.54) is 11.0 Å². The molecule has 7 nitrogen and oxygen atoms in total. The molecular weight excluding hydrogens is 258 g/mol. The SMILES string of the molecule is CCNC(=O)NC(=O)Cn1cnc(-c2ccccc2)n1. The number of nitrogens with zero attached hydrogens (tertiary/aromatic N) is 3. The first-order valence-electron chi connectivity index (χ1n) is 6.21. The van der Waals surface area contributed by atoms with Gasteiger partial charge >= 0.3 is 6.03 Å². The number of benzene rings is 1. The Hall–Kier alpha value is -2.70. The summed E-state index contributed by atoms with van der Waals surface area (Å²) >= 11 is 0. The number of amides is 3. The quantitative estimate of drug-likeness (QED) is 0.862. The summed E-state index contributed by atoms with van der Waals surface area (Å²) in [7, 11) is 0. The minimum absolute atomic E-state index is 0.0586. The van der Waals surface area contributed by atoms with E-state index >= 15 is 0 Å². The highest BCUT2D eigenvalue weighted by Gasteiger charge is 2.09. The standard InChI is InChI=1S/C13H15N5O2/c1-2-14-13(20)16-11(19)8-18-9-15-12(17-18)10-6-4-3-5-7-10/h3-7,9H,2,8H2,1H3,(H2,14,16,19,20). The second-order valence-corrected chi connectivity index (χ2v) is 4.04. The van der Waals surface area contributed by atoms with Crippen molar-refractivity contribution in [3.63, 3.8) is 0 Å². The summed E-state index contributed by atoms with van der Waals surface area (Å²) < 4.78 is 1.39. The fourth-order valence-corrected chi connectivity index (χ4v) is 1.61. The lowest BCUT2D eigenvalue weighted by molar-refractivity contribution is -0.120. The number of aromatic nitrogens is 3. The van der Waals surface area contributed by atoms with Gasteiger partial charge in [-0.05, 0) is 6.92 Å². The number of hydrogen-bond acceptors (Lipinski definition) is 4. The summed E-state index contributed by atoms with van der Waals surface area (Å²) in [6, 6.07) is 8.93. The van der Waals surface area contributed by atoms with Gasteiger partial charge in [0.05, 0.1) is 0 Å². The molecule has 1 heterocycles. The number of hydrogen-bond donors (Lipinski definition) is 2. The molecule has 0 saturated heterocycles. The first-order valence-corrected chi connectivity index (χ1v) is 6.21. The summed E-state index contributed by atoms with van der Waals surface area (Å²) in [5, 5.41) is 8.86. The Kier molecular flexibility index (Phi) is 4.43. The van der Waals surface area contributed by atoms with Crippen molar-refractivity contribution in [3.05, 3.63) is 36.7 Å². The molecule has 2 N–H and O–H groups in total. The number of carbonyl (C=O) groups is 2. The van der Waals surface area contributed by atoms with Gasteiger partial charge < -0.3 is 5.32 Å². The molecule has 0 saturated carbocycles. The summed E-state index contributed by atoms with van der Waals surface area (Å²) in [5.74, 6) is 0.0943. The normalized spacial score (nSPS) is 10.1. The van der Waals surface area contributed by atoms with E-state index in [1.54, 1.807) is 6.92 Å². The summed E-state index contributed by atoms with van der Waals surface area (Å²) in [4.78, 5) is 26.9. The third-order valence-corrected chi connectivity index (χ3v) is 2.46. The van der Waals surface area contributed by atoms with E-state index in [1.807, 2.05) is 30.3 Å². The average Bonchev–Trinajstić information content (AvgIpc) is 2.88. The predicted molar refractivity (Wildman–Crippen MR) is 72.7 cm³/mol. The molecule has 7 heteroatoms. The third kappa shape index (κ3) is 3.64. The first-order chi connectivity index (χ1) is 9.69. The second kappa shape index (κ2) is 6.46. The summed E-state index contributed by atoms with van der Waals surface area (Å²) in [6.07, 6.45) is 1.46. The van der Waals surface area contributed by atoms with Gasteiger partial charge in [0.1, 0.15) is 12.9 Å². The van der Waals surface area contributed by atoms with Gasteiger partial charge in [0.2, 0.25) is 5.91 Å². The van der Waals surface area contributed by atoms with Crippen LogP contribution in [0.4, 0.5) is 4.79 Å². The largest absolute Gasteiger partial charge is 0.338 e. The Bertz CT molecular complexity index is 594. The van der Waals surface area contributed by atoms with E-state index < -0.39 is 11.9 Å². The molecule has 1 aromatic carbocycles. The van der Waals surface area contributed by atoms with Crippen molar-refractivity contribution in [2.24, 2.45) is 0 Å². The molecule has 0 atom stereocenters. The number of nitrogens with one attached hydrogen (secondary N) is 2. The van der Waals surface area contributed by atoms with Gasteiger partial charge in [0, 0.05) is 12.1 Å². The fraction of sp³-hybridized carbons (Fsp3) is 0.231. The lowest BCUT2D eigenvalue weighted by Crippen LogP contribution is -2.40. The number of carbonyl (C=O) groups excluding carboxylic acids is 2. The van der Waals surface area contributed by atoms with E-state index in [2.05, 4.69) is 20.7 Å². The molecule has 0 fully saturated rings. The minimum Gasteiger partial charge on any atom is -0.338 e. The highest BCUT2D eigenvalue weighted by Crippen LogP contribution is 2.12. The summed E-state index contributed by atoms with van der Waals surface area (Å²) in [5.41, 5.74) is 0.871. The van der Waals surface area contributed by atoms with Crippen LogP contribution in [0.15, 0.2) is 36.7 Å². The molecule has 3 amide bonds. The number of urea groups is 1. The van der Waals surface area contributed by atoms with Crippen LogP contribution in [0.2, 0.25) is 0 Å². The Morgan fingerprint density at radius 3 is 2.70 bits per heavy atom. The van der Waals surface area contributed by atoms with Crippen molar-refractivity contribution in [3.8, 4) is 11.4 Å². The average molecular weight is 273 g/mol. The smallest absolute Gasteiger partial charge is 0.321 e. The van der Waals surface area contributed by atoms with Crippen molar-refractivity contribution in [1.82, 2.24) is 25.4 Å². The van der Waals surface area contributed by atoms with Gasteiger partial charge in [-0.1, -0.05) is 30.3 Å². The summed E-state index contributed by atoms with van der Waals surface area (Å²) in [6.45, 7) is 2.17. The Morgan fingerprint density at radius 1 is 1.25 bits per heavy atom. The zero-order chi connectivity index (χ0) is 14.4. The highest BCUT2D eigenvalue weighted by atomic mass is 16.2. The van der Waals surface area contributed by atoms with Crippen LogP contribution >= 0.6 is 0 Å². The zero-order valence-electron chi connectivity index (χ0n) is 11.0.